The molecule has 2 heterocycles. The van der Waals surface area contributed by atoms with Crippen molar-refractivity contribution in [2.24, 2.45) is 0 Å². The second-order valence-corrected chi connectivity index (χ2v) is 6.98. The van der Waals surface area contributed by atoms with Crippen LogP contribution in [0.5, 0.6) is 5.75 Å². The Kier molecular flexibility index (Phi) is 5.03. The number of rotatable bonds is 6. The number of nitrogens with zero attached hydrogens (tertiary/aromatic N) is 3. The van der Waals surface area contributed by atoms with Gasteiger partial charge in [-0.15, -0.1) is 0 Å². The number of para-hydroxylation sites is 2. The Bertz CT molecular complexity index is 1090. The molecule has 1 N–H and O–H groups in total. The number of aromatic amines is 1. The van der Waals surface area contributed by atoms with Gasteiger partial charge in [0.1, 0.15) is 23.9 Å². The van der Waals surface area contributed by atoms with Gasteiger partial charge in [-0.3, -0.25) is 4.79 Å². The summed E-state index contributed by atoms with van der Waals surface area (Å²) in [6.45, 7) is 4.52. The normalized spacial score (nSPS) is 11.0. The number of hydrogen-bond acceptors (Lipinski definition) is 5. The summed E-state index contributed by atoms with van der Waals surface area (Å²) in [5, 5.41) is 3.92. The SMILES string of the molecule is Cc1noc(C)c1COc1ccc(C(=O)N(C)Cc2nc3ccccc3[nH]2)cc1. The van der Waals surface area contributed by atoms with Crippen molar-refractivity contribution in [3.63, 3.8) is 0 Å². The van der Waals surface area contributed by atoms with E-state index in [0.717, 1.165) is 33.9 Å². The van der Waals surface area contributed by atoms with Gasteiger partial charge in [-0.2, -0.15) is 0 Å². The zero-order valence-corrected chi connectivity index (χ0v) is 16.6. The van der Waals surface area contributed by atoms with Gasteiger partial charge in [0, 0.05) is 12.6 Å². The van der Waals surface area contributed by atoms with E-state index in [-0.39, 0.29) is 5.91 Å². The lowest BCUT2D eigenvalue weighted by Gasteiger charge is -2.16. The average molecular weight is 390 g/mol. The van der Waals surface area contributed by atoms with Gasteiger partial charge in [-0.25, -0.2) is 4.98 Å². The molecule has 0 saturated heterocycles. The first-order valence-corrected chi connectivity index (χ1v) is 9.35. The Balaban J connectivity index is 1.39. The standard InChI is InChI=1S/C22H22N4O3/c1-14-18(15(2)29-25-14)13-28-17-10-8-16(9-11-17)22(27)26(3)12-21-23-19-6-4-5-7-20(19)24-21/h4-11H,12-13H2,1-3H3,(H,23,24). The molecule has 148 valence electrons. The van der Waals surface area contributed by atoms with Crippen molar-refractivity contribution in [1.29, 1.82) is 0 Å². The molecule has 2 aromatic carbocycles. The predicted octanol–water partition coefficient (Wildman–Crippen LogP) is 4.02. The summed E-state index contributed by atoms with van der Waals surface area (Å²) < 4.78 is 10.9. The average Bonchev–Trinajstić information content (AvgIpc) is 3.28. The highest BCUT2D eigenvalue weighted by molar-refractivity contribution is 5.94. The van der Waals surface area contributed by atoms with Gasteiger partial charge in [0.2, 0.25) is 0 Å². The summed E-state index contributed by atoms with van der Waals surface area (Å²) in [4.78, 5) is 22.1. The van der Waals surface area contributed by atoms with Gasteiger partial charge >= 0.3 is 0 Å². The summed E-state index contributed by atoms with van der Waals surface area (Å²) in [7, 11) is 1.76. The Morgan fingerprint density at radius 3 is 2.59 bits per heavy atom. The Morgan fingerprint density at radius 2 is 1.90 bits per heavy atom. The Morgan fingerprint density at radius 1 is 1.14 bits per heavy atom. The van der Waals surface area contributed by atoms with E-state index >= 15 is 0 Å². The lowest BCUT2D eigenvalue weighted by atomic mass is 10.2. The molecule has 0 bridgehead atoms. The minimum absolute atomic E-state index is 0.0808. The van der Waals surface area contributed by atoms with Crippen LogP contribution in [0, 0.1) is 13.8 Å². The molecule has 4 rings (SSSR count). The summed E-state index contributed by atoms with van der Waals surface area (Å²) in [5.74, 6) is 2.10. The topological polar surface area (TPSA) is 84.2 Å². The molecule has 1 amide bonds. The molecular weight excluding hydrogens is 368 g/mol. The van der Waals surface area contributed by atoms with Gasteiger partial charge < -0.3 is 19.1 Å². The number of aryl methyl sites for hydroxylation is 2. The number of carbonyl (C=O) groups is 1. The summed E-state index contributed by atoms with van der Waals surface area (Å²) in [6, 6.07) is 14.9. The highest BCUT2D eigenvalue weighted by Gasteiger charge is 2.15. The first-order valence-electron chi connectivity index (χ1n) is 9.35. The van der Waals surface area contributed by atoms with E-state index < -0.39 is 0 Å². The smallest absolute Gasteiger partial charge is 0.254 e. The van der Waals surface area contributed by atoms with Gasteiger partial charge in [-0.1, -0.05) is 17.3 Å². The maximum absolute atomic E-state index is 12.7. The highest BCUT2D eigenvalue weighted by Crippen LogP contribution is 2.19. The number of carbonyl (C=O) groups excluding carboxylic acids is 1. The third kappa shape index (κ3) is 3.99. The second kappa shape index (κ2) is 7.79. The molecule has 0 aliphatic heterocycles. The number of hydrogen-bond donors (Lipinski definition) is 1. The lowest BCUT2D eigenvalue weighted by molar-refractivity contribution is 0.0782. The molecule has 0 saturated carbocycles. The maximum Gasteiger partial charge on any atom is 0.254 e. The van der Waals surface area contributed by atoms with Gasteiger partial charge in [0.15, 0.2) is 0 Å². The van der Waals surface area contributed by atoms with Crippen LogP contribution in [0.3, 0.4) is 0 Å². The molecule has 0 unspecified atom stereocenters. The molecule has 0 aliphatic rings. The molecule has 29 heavy (non-hydrogen) atoms. The molecule has 4 aromatic rings. The minimum Gasteiger partial charge on any atom is -0.489 e. The van der Waals surface area contributed by atoms with Crippen molar-refractivity contribution in [2.75, 3.05) is 7.05 Å². The maximum atomic E-state index is 12.7. The fourth-order valence-electron chi connectivity index (χ4n) is 3.15. The number of H-pyrrole nitrogens is 1. The van der Waals surface area contributed by atoms with Crippen molar-refractivity contribution in [1.82, 2.24) is 20.0 Å². The largest absolute Gasteiger partial charge is 0.489 e. The van der Waals surface area contributed by atoms with Crippen molar-refractivity contribution < 1.29 is 14.1 Å². The number of nitrogens with one attached hydrogen (secondary N) is 1. The monoisotopic (exact) mass is 390 g/mol. The number of benzene rings is 2. The van der Waals surface area contributed by atoms with E-state index in [1.165, 1.54) is 0 Å². The van der Waals surface area contributed by atoms with E-state index in [1.54, 1.807) is 36.2 Å². The van der Waals surface area contributed by atoms with Crippen LogP contribution in [0.25, 0.3) is 11.0 Å². The molecule has 7 heteroatoms. The molecule has 0 aliphatic carbocycles. The van der Waals surface area contributed by atoms with Crippen molar-refractivity contribution in [3.05, 3.63) is 76.9 Å². The molecule has 0 spiro atoms. The second-order valence-electron chi connectivity index (χ2n) is 6.98. The molecule has 0 atom stereocenters. The number of imidazole rings is 1. The predicted molar refractivity (Wildman–Crippen MR) is 109 cm³/mol. The van der Waals surface area contributed by atoms with E-state index in [9.17, 15) is 4.79 Å². The van der Waals surface area contributed by atoms with Crippen LogP contribution < -0.4 is 4.74 Å². The fraction of sp³-hybridized carbons (Fsp3) is 0.227. The summed E-state index contributed by atoms with van der Waals surface area (Å²) in [5.41, 5.74) is 4.21. The number of ether oxygens (including phenoxy) is 1. The van der Waals surface area contributed by atoms with Crippen LogP contribution in [-0.2, 0) is 13.2 Å². The van der Waals surface area contributed by atoms with E-state index in [2.05, 4.69) is 15.1 Å². The van der Waals surface area contributed by atoms with Gasteiger partial charge in [0.05, 0.1) is 28.8 Å². The Hall–Kier alpha value is -3.61. The fourth-order valence-corrected chi connectivity index (χ4v) is 3.15. The van der Waals surface area contributed by atoms with Crippen LogP contribution in [-0.4, -0.2) is 33.0 Å². The van der Waals surface area contributed by atoms with Crippen molar-refractivity contribution in [2.45, 2.75) is 27.0 Å². The Labute approximate surface area is 168 Å². The molecular formula is C22H22N4O3. The minimum atomic E-state index is -0.0808. The van der Waals surface area contributed by atoms with Crippen LogP contribution in [0.1, 0.15) is 33.2 Å². The first kappa shape index (κ1) is 18.7. The highest BCUT2D eigenvalue weighted by atomic mass is 16.5. The van der Waals surface area contributed by atoms with Crippen molar-refractivity contribution in [3.8, 4) is 5.75 Å². The van der Waals surface area contributed by atoms with Crippen molar-refractivity contribution >= 4 is 16.9 Å². The van der Waals surface area contributed by atoms with Crippen LogP contribution in [0.15, 0.2) is 53.1 Å². The summed E-state index contributed by atoms with van der Waals surface area (Å²) in [6.07, 6.45) is 0. The van der Waals surface area contributed by atoms with Crippen LogP contribution in [0.4, 0.5) is 0 Å². The molecule has 0 radical (unpaired) electrons. The number of aromatic nitrogens is 3. The number of fused-ring (bicyclic) bond motifs is 1. The lowest BCUT2D eigenvalue weighted by Crippen LogP contribution is -2.26. The van der Waals surface area contributed by atoms with E-state index in [0.29, 0.717) is 24.5 Å². The van der Waals surface area contributed by atoms with E-state index in [4.69, 9.17) is 9.26 Å². The quantitative estimate of drug-likeness (QED) is 0.538. The summed E-state index contributed by atoms with van der Waals surface area (Å²) >= 11 is 0. The van der Waals surface area contributed by atoms with Gasteiger partial charge in [0.25, 0.3) is 5.91 Å². The number of amides is 1. The first-order chi connectivity index (χ1) is 14.0. The molecule has 0 fully saturated rings. The molecule has 7 nitrogen and oxygen atoms in total. The van der Waals surface area contributed by atoms with E-state index in [1.807, 2.05) is 38.1 Å². The third-order valence-corrected chi connectivity index (χ3v) is 4.84. The third-order valence-electron chi connectivity index (χ3n) is 4.84. The zero-order chi connectivity index (χ0) is 20.4. The molecule has 2 aromatic heterocycles. The zero-order valence-electron chi connectivity index (χ0n) is 16.6. The van der Waals surface area contributed by atoms with Crippen LogP contribution >= 0.6 is 0 Å². The van der Waals surface area contributed by atoms with Gasteiger partial charge in [-0.05, 0) is 50.2 Å². The van der Waals surface area contributed by atoms with Crippen LogP contribution in [0.2, 0.25) is 0 Å².